The number of anilines is 1. The van der Waals surface area contributed by atoms with E-state index in [0.717, 1.165) is 11.4 Å². The summed E-state index contributed by atoms with van der Waals surface area (Å²) in [5.41, 5.74) is 2.73. The Labute approximate surface area is 152 Å². The van der Waals surface area contributed by atoms with E-state index in [4.69, 9.17) is 11.6 Å². The van der Waals surface area contributed by atoms with Gasteiger partial charge in [-0.2, -0.15) is 10.1 Å². The number of carbonyl (C=O) groups excluding carboxylic acids is 1. The van der Waals surface area contributed by atoms with Gasteiger partial charge in [0.15, 0.2) is 0 Å². The fourth-order valence-electron chi connectivity index (χ4n) is 2.58. The standard InChI is InChI=1S/C16H13ClN8O/c1-9-5-10(2)25-16(20-9)22-14(23-25)15(26)21-12-6-11(17)3-4-13(12)24-8-18-7-19-24/h3-8H,1-2H3,(H,21,26). The van der Waals surface area contributed by atoms with E-state index in [1.54, 1.807) is 18.2 Å². The minimum atomic E-state index is -0.476. The van der Waals surface area contributed by atoms with Gasteiger partial charge in [-0.15, -0.1) is 5.10 Å². The third-order valence-electron chi connectivity index (χ3n) is 3.69. The van der Waals surface area contributed by atoms with Crippen LogP contribution in [0.3, 0.4) is 0 Å². The van der Waals surface area contributed by atoms with Crippen molar-refractivity contribution in [2.75, 3.05) is 5.32 Å². The quantitative estimate of drug-likeness (QED) is 0.594. The molecular weight excluding hydrogens is 356 g/mol. The van der Waals surface area contributed by atoms with E-state index in [9.17, 15) is 4.79 Å². The summed E-state index contributed by atoms with van der Waals surface area (Å²) in [4.78, 5) is 25.1. The highest BCUT2D eigenvalue weighted by Crippen LogP contribution is 2.24. The molecule has 4 rings (SSSR count). The Kier molecular flexibility index (Phi) is 3.85. The molecule has 0 spiro atoms. The van der Waals surface area contributed by atoms with Gasteiger partial charge in [-0.1, -0.05) is 11.6 Å². The molecule has 10 heteroatoms. The van der Waals surface area contributed by atoms with E-state index < -0.39 is 5.91 Å². The summed E-state index contributed by atoms with van der Waals surface area (Å²) in [5.74, 6) is -0.0952. The minimum absolute atomic E-state index is 0.00992. The maximum atomic E-state index is 12.6. The molecule has 3 heterocycles. The van der Waals surface area contributed by atoms with Crippen LogP contribution in [0, 0.1) is 13.8 Å². The molecule has 1 N–H and O–H groups in total. The summed E-state index contributed by atoms with van der Waals surface area (Å²) in [7, 11) is 0. The summed E-state index contributed by atoms with van der Waals surface area (Å²) < 4.78 is 3.05. The fraction of sp³-hybridized carbons (Fsp3) is 0.125. The van der Waals surface area contributed by atoms with Crippen molar-refractivity contribution in [3.8, 4) is 5.69 Å². The van der Waals surface area contributed by atoms with Crippen LogP contribution in [0.2, 0.25) is 5.02 Å². The van der Waals surface area contributed by atoms with Crippen LogP contribution in [-0.2, 0) is 0 Å². The first kappa shape index (κ1) is 16.2. The van der Waals surface area contributed by atoms with Gasteiger partial charge in [-0.25, -0.2) is 19.2 Å². The lowest BCUT2D eigenvalue weighted by Crippen LogP contribution is -2.16. The number of fused-ring (bicyclic) bond motifs is 1. The highest BCUT2D eigenvalue weighted by Gasteiger charge is 2.17. The smallest absolute Gasteiger partial charge is 0.295 e. The average Bonchev–Trinajstić information content (AvgIpc) is 3.24. The Morgan fingerprint density at radius 2 is 2.04 bits per heavy atom. The Hall–Kier alpha value is -3.33. The number of nitrogens with one attached hydrogen (secondary N) is 1. The second kappa shape index (κ2) is 6.19. The van der Waals surface area contributed by atoms with E-state index >= 15 is 0 Å². The highest BCUT2D eigenvalue weighted by molar-refractivity contribution is 6.31. The normalized spacial score (nSPS) is 11.0. The molecule has 0 aliphatic heterocycles. The molecule has 0 aliphatic rings. The van der Waals surface area contributed by atoms with Gasteiger partial charge in [0.25, 0.3) is 11.7 Å². The first-order chi connectivity index (χ1) is 12.5. The molecular formula is C16H13ClN8O. The van der Waals surface area contributed by atoms with Gasteiger partial charge in [0.05, 0.1) is 11.4 Å². The molecule has 0 radical (unpaired) electrons. The number of nitrogens with zero attached hydrogens (tertiary/aromatic N) is 7. The van der Waals surface area contributed by atoms with Gasteiger partial charge in [-0.3, -0.25) is 4.79 Å². The number of amides is 1. The number of rotatable bonds is 3. The van der Waals surface area contributed by atoms with Crippen molar-refractivity contribution < 1.29 is 4.79 Å². The van der Waals surface area contributed by atoms with Crippen molar-refractivity contribution in [3.63, 3.8) is 0 Å². The first-order valence-corrected chi connectivity index (χ1v) is 8.06. The maximum absolute atomic E-state index is 12.6. The van der Waals surface area contributed by atoms with Crippen LogP contribution in [0.4, 0.5) is 5.69 Å². The van der Waals surface area contributed by atoms with E-state index in [2.05, 4.69) is 30.5 Å². The van der Waals surface area contributed by atoms with Gasteiger partial charge in [0.1, 0.15) is 12.7 Å². The number of hydrogen-bond donors (Lipinski definition) is 1. The molecule has 0 fully saturated rings. The first-order valence-electron chi connectivity index (χ1n) is 7.68. The third-order valence-corrected chi connectivity index (χ3v) is 3.93. The van der Waals surface area contributed by atoms with Crippen LogP contribution < -0.4 is 5.32 Å². The lowest BCUT2D eigenvalue weighted by Gasteiger charge is -2.10. The molecule has 4 aromatic rings. The van der Waals surface area contributed by atoms with Crippen molar-refractivity contribution in [1.82, 2.24) is 34.3 Å². The Morgan fingerprint density at radius 3 is 2.81 bits per heavy atom. The summed E-state index contributed by atoms with van der Waals surface area (Å²) in [6.07, 6.45) is 2.93. The third kappa shape index (κ3) is 2.88. The van der Waals surface area contributed by atoms with E-state index in [0.29, 0.717) is 22.2 Å². The lowest BCUT2D eigenvalue weighted by atomic mass is 10.2. The van der Waals surface area contributed by atoms with Crippen molar-refractivity contribution in [2.24, 2.45) is 0 Å². The van der Waals surface area contributed by atoms with Gasteiger partial charge in [0, 0.05) is 16.4 Å². The van der Waals surface area contributed by atoms with Crippen molar-refractivity contribution in [1.29, 1.82) is 0 Å². The molecule has 1 amide bonds. The van der Waals surface area contributed by atoms with Crippen LogP contribution >= 0.6 is 11.6 Å². The summed E-state index contributed by atoms with van der Waals surface area (Å²) in [6.45, 7) is 3.73. The number of halogens is 1. The fourth-order valence-corrected chi connectivity index (χ4v) is 2.75. The Balaban J connectivity index is 1.71. The zero-order valence-corrected chi connectivity index (χ0v) is 14.6. The van der Waals surface area contributed by atoms with Crippen LogP contribution in [-0.4, -0.2) is 40.3 Å². The maximum Gasteiger partial charge on any atom is 0.295 e. The number of aryl methyl sites for hydroxylation is 2. The van der Waals surface area contributed by atoms with Gasteiger partial charge in [-0.05, 0) is 38.1 Å². The second-order valence-electron chi connectivity index (χ2n) is 5.64. The topological polar surface area (TPSA) is 103 Å². The van der Waals surface area contributed by atoms with E-state index in [-0.39, 0.29) is 5.82 Å². The molecule has 26 heavy (non-hydrogen) atoms. The van der Waals surface area contributed by atoms with E-state index in [1.165, 1.54) is 21.9 Å². The molecule has 130 valence electrons. The molecule has 0 saturated carbocycles. The number of carbonyl (C=O) groups is 1. The number of hydrogen-bond acceptors (Lipinski definition) is 6. The Morgan fingerprint density at radius 1 is 1.19 bits per heavy atom. The predicted molar refractivity (Wildman–Crippen MR) is 94.6 cm³/mol. The number of aromatic nitrogens is 7. The minimum Gasteiger partial charge on any atom is -0.317 e. The van der Waals surface area contributed by atoms with Gasteiger partial charge < -0.3 is 5.32 Å². The molecule has 0 bridgehead atoms. The van der Waals surface area contributed by atoms with Crippen molar-refractivity contribution in [2.45, 2.75) is 13.8 Å². The van der Waals surface area contributed by atoms with Crippen LogP contribution in [0.15, 0.2) is 36.9 Å². The van der Waals surface area contributed by atoms with E-state index in [1.807, 2.05) is 19.9 Å². The molecule has 3 aromatic heterocycles. The zero-order chi connectivity index (χ0) is 18.3. The molecule has 9 nitrogen and oxygen atoms in total. The summed E-state index contributed by atoms with van der Waals surface area (Å²) >= 11 is 6.07. The number of benzene rings is 1. The lowest BCUT2D eigenvalue weighted by molar-refractivity contribution is 0.101. The molecule has 0 saturated heterocycles. The zero-order valence-electron chi connectivity index (χ0n) is 13.9. The highest BCUT2D eigenvalue weighted by atomic mass is 35.5. The second-order valence-corrected chi connectivity index (χ2v) is 6.08. The monoisotopic (exact) mass is 368 g/mol. The summed E-state index contributed by atoms with van der Waals surface area (Å²) in [6, 6.07) is 6.93. The SMILES string of the molecule is Cc1cc(C)n2nc(C(=O)Nc3cc(Cl)ccc3-n3cncn3)nc2n1. The predicted octanol–water partition coefficient (Wildman–Crippen LogP) is 2.23. The summed E-state index contributed by atoms with van der Waals surface area (Å²) in [5, 5.41) is 11.6. The Bertz CT molecular complexity index is 1120. The molecule has 0 atom stereocenters. The largest absolute Gasteiger partial charge is 0.317 e. The van der Waals surface area contributed by atoms with Crippen LogP contribution in [0.5, 0.6) is 0 Å². The molecule has 1 aromatic carbocycles. The van der Waals surface area contributed by atoms with Crippen LogP contribution in [0.1, 0.15) is 22.0 Å². The van der Waals surface area contributed by atoms with Crippen molar-refractivity contribution >= 4 is 29.0 Å². The van der Waals surface area contributed by atoms with Gasteiger partial charge in [0.2, 0.25) is 5.82 Å². The molecule has 0 aliphatic carbocycles. The average molecular weight is 369 g/mol. The molecule has 0 unspecified atom stereocenters. The van der Waals surface area contributed by atoms with Gasteiger partial charge >= 0.3 is 0 Å². The van der Waals surface area contributed by atoms with Crippen LogP contribution in [0.25, 0.3) is 11.5 Å². The van der Waals surface area contributed by atoms with Crippen molar-refractivity contribution in [3.05, 3.63) is 59.2 Å².